The fourth-order valence-corrected chi connectivity index (χ4v) is 2.27. The van der Waals surface area contributed by atoms with Crippen molar-refractivity contribution in [2.24, 2.45) is 0 Å². The van der Waals surface area contributed by atoms with Gasteiger partial charge < -0.3 is 10.4 Å². The van der Waals surface area contributed by atoms with Crippen LogP contribution in [-0.2, 0) is 0 Å². The summed E-state index contributed by atoms with van der Waals surface area (Å²) in [5, 5.41) is 13.8. The Bertz CT molecular complexity index is 532. The van der Waals surface area contributed by atoms with Gasteiger partial charge in [0.1, 0.15) is 0 Å². The highest BCUT2D eigenvalue weighted by atomic mass is 16.3. The molecule has 0 bridgehead atoms. The minimum absolute atomic E-state index is 0.573. The minimum Gasteiger partial charge on any atom is -0.388 e. The molecule has 2 aromatic carbocycles. The first-order valence-electron chi connectivity index (χ1n) is 7.29. The summed E-state index contributed by atoms with van der Waals surface area (Å²) in [4.78, 5) is 0. The zero-order chi connectivity index (χ0) is 14.4. The molecule has 0 radical (unpaired) electrons. The van der Waals surface area contributed by atoms with Gasteiger partial charge in [0.25, 0.3) is 0 Å². The van der Waals surface area contributed by atoms with Crippen LogP contribution < -0.4 is 5.32 Å². The lowest BCUT2D eigenvalue weighted by Gasteiger charge is -2.26. The maximum atomic E-state index is 10.4. The molecule has 0 amide bonds. The molecule has 0 fully saturated rings. The van der Waals surface area contributed by atoms with Gasteiger partial charge in [0.15, 0.2) is 0 Å². The van der Waals surface area contributed by atoms with Crippen LogP contribution in [0.5, 0.6) is 0 Å². The lowest BCUT2D eigenvalue weighted by atomic mass is 9.97. The smallest absolute Gasteiger partial charge is 0.0814 e. The fraction of sp³-hybridized carbons (Fsp3) is 0.333. The molecule has 2 heteroatoms. The van der Waals surface area contributed by atoms with E-state index < -0.39 is 5.60 Å². The molecule has 0 saturated heterocycles. The van der Waals surface area contributed by atoms with Gasteiger partial charge in [0.2, 0.25) is 0 Å². The van der Waals surface area contributed by atoms with Crippen molar-refractivity contribution >= 4 is 5.69 Å². The standard InChI is InChI=1S/C18H23NO/c1-3-18(20,4-2)14-19-17-13-9-8-12-16(17)15-10-6-5-7-11-15/h5-13,19-20H,3-4,14H2,1-2H3. The molecule has 106 valence electrons. The van der Waals surface area contributed by atoms with Crippen molar-refractivity contribution in [2.75, 3.05) is 11.9 Å². The number of anilines is 1. The van der Waals surface area contributed by atoms with Crippen molar-refractivity contribution in [1.82, 2.24) is 0 Å². The predicted octanol–water partition coefficient (Wildman–Crippen LogP) is 4.32. The second-order valence-electron chi connectivity index (χ2n) is 5.20. The Hall–Kier alpha value is -1.80. The first-order valence-corrected chi connectivity index (χ1v) is 7.29. The van der Waals surface area contributed by atoms with Gasteiger partial charge in [-0.1, -0.05) is 62.4 Å². The zero-order valence-corrected chi connectivity index (χ0v) is 12.3. The highest BCUT2D eigenvalue weighted by Crippen LogP contribution is 2.28. The zero-order valence-electron chi connectivity index (χ0n) is 12.3. The van der Waals surface area contributed by atoms with Gasteiger partial charge in [-0.3, -0.25) is 0 Å². The van der Waals surface area contributed by atoms with Crippen LogP contribution in [0, 0.1) is 0 Å². The Morgan fingerprint density at radius 3 is 2.15 bits per heavy atom. The summed E-state index contributed by atoms with van der Waals surface area (Å²) in [6.45, 7) is 4.62. The largest absolute Gasteiger partial charge is 0.388 e. The molecule has 0 aromatic heterocycles. The third-order valence-electron chi connectivity index (χ3n) is 3.94. The number of hydrogen-bond donors (Lipinski definition) is 2. The molecule has 20 heavy (non-hydrogen) atoms. The SMILES string of the molecule is CCC(O)(CC)CNc1ccccc1-c1ccccc1. The Labute approximate surface area is 121 Å². The van der Waals surface area contributed by atoms with Gasteiger partial charge in [-0.25, -0.2) is 0 Å². The summed E-state index contributed by atoms with van der Waals surface area (Å²) in [5.41, 5.74) is 2.79. The second kappa shape index (κ2) is 6.58. The molecular weight excluding hydrogens is 246 g/mol. The van der Waals surface area contributed by atoms with Crippen molar-refractivity contribution in [3.8, 4) is 11.1 Å². The van der Waals surface area contributed by atoms with Crippen LogP contribution in [0.15, 0.2) is 54.6 Å². The van der Waals surface area contributed by atoms with Crippen LogP contribution in [0.2, 0.25) is 0 Å². The molecule has 0 unspecified atom stereocenters. The lowest BCUT2D eigenvalue weighted by molar-refractivity contribution is 0.0457. The summed E-state index contributed by atoms with van der Waals surface area (Å²) in [5.74, 6) is 0. The van der Waals surface area contributed by atoms with E-state index in [4.69, 9.17) is 0 Å². The van der Waals surface area contributed by atoms with E-state index in [1.54, 1.807) is 0 Å². The van der Waals surface area contributed by atoms with Crippen LogP contribution in [0.3, 0.4) is 0 Å². The molecule has 0 aliphatic rings. The first-order chi connectivity index (χ1) is 9.68. The Morgan fingerprint density at radius 2 is 1.50 bits per heavy atom. The van der Waals surface area contributed by atoms with Crippen LogP contribution in [0.25, 0.3) is 11.1 Å². The summed E-state index contributed by atoms with van der Waals surface area (Å²) >= 11 is 0. The van der Waals surface area contributed by atoms with Gasteiger partial charge in [-0.05, 0) is 24.5 Å². The van der Waals surface area contributed by atoms with Gasteiger partial charge in [-0.2, -0.15) is 0 Å². The average Bonchev–Trinajstić information content (AvgIpc) is 2.54. The van der Waals surface area contributed by atoms with E-state index in [9.17, 15) is 5.11 Å². The molecule has 0 atom stereocenters. The average molecular weight is 269 g/mol. The number of hydrogen-bond acceptors (Lipinski definition) is 2. The van der Waals surface area contributed by atoms with Crippen molar-refractivity contribution < 1.29 is 5.11 Å². The van der Waals surface area contributed by atoms with Gasteiger partial charge in [0.05, 0.1) is 5.60 Å². The van der Waals surface area contributed by atoms with E-state index in [1.165, 1.54) is 11.1 Å². The fourth-order valence-electron chi connectivity index (χ4n) is 2.27. The van der Waals surface area contributed by atoms with E-state index in [-0.39, 0.29) is 0 Å². The summed E-state index contributed by atoms with van der Waals surface area (Å²) in [6, 6.07) is 18.5. The molecule has 0 saturated carbocycles. The number of nitrogens with one attached hydrogen (secondary N) is 1. The van der Waals surface area contributed by atoms with Crippen LogP contribution in [0.1, 0.15) is 26.7 Å². The van der Waals surface area contributed by atoms with E-state index in [2.05, 4.69) is 29.6 Å². The number of aliphatic hydroxyl groups is 1. The van der Waals surface area contributed by atoms with Crippen molar-refractivity contribution in [3.63, 3.8) is 0 Å². The summed E-state index contributed by atoms with van der Waals surface area (Å²) < 4.78 is 0. The number of para-hydroxylation sites is 1. The Kier molecular flexibility index (Phi) is 4.80. The van der Waals surface area contributed by atoms with Crippen LogP contribution in [-0.4, -0.2) is 17.3 Å². The maximum Gasteiger partial charge on any atom is 0.0814 e. The van der Waals surface area contributed by atoms with Gasteiger partial charge in [0, 0.05) is 17.8 Å². The van der Waals surface area contributed by atoms with Gasteiger partial charge in [-0.15, -0.1) is 0 Å². The molecule has 2 aromatic rings. The normalized spacial score (nSPS) is 11.3. The lowest BCUT2D eigenvalue weighted by Crippen LogP contribution is -2.35. The Balaban J connectivity index is 2.21. The third kappa shape index (κ3) is 3.40. The highest BCUT2D eigenvalue weighted by molar-refractivity contribution is 5.77. The molecule has 2 nitrogen and oxygen atoms in total. The monoisotopic (exact) mass is 269 g/mol. The van der Waals surface area contributed by atoms with Crippen LogP contribution in [0.4, 0.5) is 5.69 Å². The van der Waals surface area contributed by atoms with Crippen molar-refractivity contribution in [3.05, 3.63) is 54.6 Å². The third-order valence-corrected chi connectivity index (χ3v) is 3.94. The quantitative estimate of drug-likeness (QED) is 0.818. The van der Waals surface area contributed by atoms with E-state index in [0.717, 1.165) is 18.5 Å². The molecule has 0 heterocycles. The molecule has 0 aliphatic carbocycles. The topological polar surface area (TPSA) is 32.3 Å². The number of benzene rings is 2. The first kappa shape index (κ1) is 14.6. The van der Waals surface area contributed by atoms with E-state index in [1.807, 2.05) is 44.2 Å². The molecule has 2 N–H and O–H groups in total. The molecular formula is C18H23NO. The number of rotatable bonds is 6. The Morgan fingerprint density at radius 1 is 0.900 bits per heavy atom. The van der Waals surface area contributed by atoms with E-state index in [0.29, 0.717) is 6.54 Å². The second-order valence-corrected chi connectivity index (χ2v) is 5.20. The van der Waals surface area contributed by atoms with Crippen molar-refractivity contribution in [2.45, 2.75) is 32.3 Å². The minimum atomic E-state index is -0.635. The van der Waals surface area contributed by atoms with E-state index >= 15 is 0 Å². The molecule has 2 rings (SSSR count). The van der Waals surface area contributed by atoms with Crippen LogP contribution >= 0.6 is 0 Å². The summed E-state index contributed by atoms with van der Waals surface area (Å²) in [7, 11) is 0. The molecule has 0 aliphatic heterocycles. The summed E-state index contributed by atoms with van der Waals surface area (Å²) in [6.07, 6.45) is 1.51. The van der Waals surface area contributed by atoms with Gasteiger partial charge >= 0.3 is 0 Å². The highest BCUT2D eigenvalue weighted by Gasteiger charge is 2.21. The van der Waals surface area contributed by atoms with Crippen molar-refractivity contribution in [1.29, 1.82) is 0 Å². The maximum absolute atomic E-state index is 10.4. The molecule has 0 spiro atoms. The predicted molar refractivity (Wildman–Crippen MR) is 85.9 cm³/mol.